The minimum atomic E-state index is -0.588. The molecule has 1 aromatic carbocycles. The molecular weight excluding hydrogens is 345 g/mol. The van der Waals surface area contributed by atoms with Crippen LogP contribution in [-0.2, 0) is 0 Å². The molecule has 27 heavy (non-hydrogen) atoms. The topological polar surface area (TPSA) is 77.2 Å². The Morgan fingerprint density at radius 3 is 2.70 bits per heavy atom. The quantitative estimate of drug-likeness (QED) is 0.605. The van der Waals surface area contributed by atoms with Crippen molar-refractivity contribution in [2.24, 2.45) is 0 Å². The number of nitrogen functional groups attached to an aromatic ring is 1. The number of nitrogens with zero attached hydrogens (tertiary/aromatic N) is 1. The van der Waals surface area contributed by atoms with E-state index in [0.29, 0.717) is 6.61 Å². The molecule has 6 heteroatoms. The summed E-state index contributed by atoms with van der Waals surface area (Å²) in [5.74, 6) is -0.835. The number of carbonyl (C=O) groups is 1. The van der Waals surface area contributed by atoms with Gasteiger partial charge in [0.2, 0.25) is 0 Å². The van der Waals surface area contributed by atoms with Crippen LogP contribution in [0.25, 0.3) is 0 Å². The lowest BCUT2D eigenvalue weighted by molar-refractivity contribution is 0.102. The zero-order chi connectivity index (χ0) is 19.8. The van der Waals surface area contributed by atoms with Gasteiger partial charge in [0, 0.05) is 5.69 Å². The van der Waals surface area contributed by atoms with E-state index in [4.69, 9.17) is 10.5 Å². The van der Waals surface area contributed by atoms with Crippen LogP contribution in [0, 0.1) is 19.7 Å². The Balaban J connectivity index is 2.03. The fraction of sp³-hybridized carbons (Fsp3) is 0.429. The number of amides is 1. The number of pyridine rings is 1. The third kappa shape index (κ3) is 5.67. The van der Waals surface area contributed by atoms with Gasteiger partial charge in [-0.25, -0.2) is 9.37 Å². The Morgan fingerprint density at radius 1 is 1.22 bits per heavy atom. The van der Waals surface area contributed by atoms with Crippen molar-refractivity contribution in [2.45, 2.75) is 52.9 Å². The molecule has 0 saturated heterocycles. The van der Waals surface area contributed by atoms with Gasteiger partial charge >= 0.3 is 0 Å². The average molecular weight is 373 g/mol. The van der Waals surface area contributed by atoms with E-state index in [2.05, 4.69) is 17.2 Å². The summed E-state index contributed by atoms with van der Waals surface area (Å²) < 4.78 is 20.2. The highest BCUT2D eigenvalue weighted by Crippen LogP contribution is 2.26. The Hall–Kier alpha value is -2.63. The molecule has 1 amide bonds. The molecule has 0 saturated carbocycles. The normalized spacial score (nSPS) is 10.7. The maximum absolute atomic E-state index is 14.6. The lowest BCUT2D eigenvalue weighted by atomic mass is 10.1. The molecule has 0 unspecified atom stereocenters. The van der Waals surface area contributed by atoms with Gasteiger partial charge in [-0.15, -0.1) is 0 Å². The number of anilines is 2. The van der Waals surface area contributed by atoms with E-state index in [9.17, 15) is 9.18 Å². The van der Waals surface area contributed by atoms with Crippen LogP contribution in [-0.4, -0.2) is 17.5 Å². The Kier molecular flexibility index (Phi) is 7.58. The fourth-order valence-corrected chi connectivity index (χ4v) is 2.70. The fourth-order valence-electron chi connectivity index (χ4n) is 2.70. The van der Waals surface area contributed by atoms with Crippen molar-refractivity contribution in [3.8, 4) is 5.75 Å². The van der Waals surface area contributed by atoms with Crippen LogP contribution >= 0.6 is 0 Å². The van der Waals surface area contributed by atoms with Crippen LogP contribution in [0.15, 0.2) is 24.3 Å². The molecule has 0 aliphatic rings. The lowest BCUT2D eigenvalue weighted by Crippen LogP contribution is -2.17. The zero-order valence-electron chi connectivity index (χ0n) is 16.3. The molecular formula is C21H28FN3O2. The van der Waals surface area contributed by atoms with Crippen LogP contribution in [0.3, 0.4) is 0 Å². The predicted octanol–water partition coefficient (Wildman–Crippen LogP) is 5.02. The third-order valence-electron chi connectivity index (χ3n) is 4.46. The summed E-state index contributed by atoms with van der Waals surface area (Å²) in [4.78, 5) is 16.6. The number of hydrogen-bond acceptors (Lipinski definition) is 4. The molecule has 5 nitrogen and oxygen atoms in total. The third-order valence-corrected chi connectivity index (χ3v) is 4.46. The number of aromatic nitrogens is 1. The van der Waals surface area contributed by atoms with Crippen molar-refractivity contribution >= 4 is 17.4 Å². The molecule has 2 aromatic rings. The first-order chi connectivity index (χ1) is 12.9. The first-order valence-corrected chi connectivity index (χ1v) is 9.40. The first-order valence-electron chi connectivity index (χ1n) is 9.40. The van der Waals surface area contributed by atoms with Crippen molar-refractivity contribution in [3.63, 3.8) is 0 Å². The molecule has 0 atom stereocenters. The van der Waals surface area contributed by atoms with Crippen LogP contribution in [0.2, 0.25) is 0 Å². The van der Waals surface area contributed by atoms with E-state index in [-0.39, 0.29) is 22.8 Å². The largest absolute Gasteiger partial charge is 0.490 e. The van der Waals surface area contributed by atoms with Crippen molar-refractivity contribution < 1.29 is 13.9 Å². The minimum Gasteiger partial charge on any atom is -0.490 e. The summed E-state index contributed by atoms with van der Waals surface area (Å²) in [5.41, 5.74) is 7.71. The number of halogens is 1. The van der Waals surface area contributed by atoms with E-state index in [1.165, 1.54) is 18.9 Å². The molecule has 3 N–H and O–H groups in total. The molecule has 146 valence electrons. The molecule has 0 fully saturated rings. The van der Waals surface area contributed by atoms with Crippen LogP contribution in [0.5, 0.6) is 5.75 Å². The molecule has 0 bridgehead atoms. The average Bonchev–Trinajstić information content (AvgIpc) is 2.63. The summed E-state index contributed by atoms with van der Waals surface area (Å²) in [6.07, 6.45) is 5.47. The number of nitrogens with one attached hydrogen (secondary N) is 1. The summed E-state index contributed by atoms with van der Waals surface area (Å²) in [6.45, 7) is 6.27. The van der Waals surface area contributed by atoms with Gasteiger partial charge in [-0.05, 0) is 44.0 Å². The van der Waals surface area contributed by atoms with Crippen LogP contribution in [0.1, 0.15) is 60.6 Å². The highest BCUT2D eigenvalue weighted by atomic mass is 19.1. The second kappa shape index (κ2) is 9.90. The van der Waals surface area contributed by atoms with Crippen molar-refractivity contribution in [2.75, 3.05) is 17.7 Å². The molecule has 0 aliphatic heterocycles. The first kappa shape index (κ1) is 20.7. The minimum absolute atomic E-state index is 0.0566. The number of benzene rings is 1. The Bertz CT molecular complexity index is 793. The molecule has 0 radical (unpaired) electrons. The Labute approximate surface area is 160 Å². The van der Waals surface area contributed by atoms with Gasteiger partial charge in [0.25, 0.3) is 5.91 Å². The smallest absolute Gasteiger partial charge is 0.259 e. The number of unbranched alkanes of at least 4 members (excludes halogenated alkanes) is 4. The van der Waals surface area contributed by atoms with E-state index in [1.807, 2.05) is 13.8 Å². The molecule has 0 aliphatic carbocycles. The van der Waals surface area contributed by atoms with Gasteiger partial charge in [0.1, 0.15) is 5.82 Å². The molecule has 1 heterocycles. The number of rotatable bonds is 9. The molecule has 0 spiro atoms. The predicted molar refractivity (Wildman–Crippen MR) is 107 cm³/mol. The number of carbonyl (C=O) groups excluding carboxylic acids is 1. The van der Waals surface area contributed by atoms with Gasteiger partial charge in [-0.3, -0.25) is 4.79 Å². The SMILES string of the molecule is CCCCCCCOc1cccc(NC(=O)c2cc(C)c(C)nc2N)c1F. The molecule has 1 aromatic heterocycles. The number of hydrogen-bond donors (Lipinski definition) is 2. The Morgan fingerprint density at radius 2 is 1.96 bits per heavy atom. The maximum atomic E-state index is 14.6. The second-order valence-electron chi connectivity index (χ2n) is 6.66. The highest BCUT2D eigenvalue weighted by molar-refractivity contribution is 6.07. The lowest BCUT2D eigenvalue weighted by Gasteiger charge is -2.12. The zero-order valence-corrected chi connectivity index (χ0v) is 16.3. The standard InChI is InChI=1S/C21H28FN3O2/c1-4-5-6-7-8-12-27-18-11-9-10-17(19(18)22)25-21(26)16-13-14(2)15(3)24-20(16)23/h9-11,13H,4-8,12H2,1-3H3,(H2,23,24)(H,25,26). The number of ether oxygens (including phenoxy) is 1. The van der Waals surface area contributed by atoms with E-state index >= 15 is 0 Å². The highest BCUT2D eigenvalue weighted by Gasteiger charge is 2.16. The summed E-state index contributed by atoms with van der Waals surface area (Å²) in [5, 5.41) is 2.56. The van der Waals surface area contributed by atoms with Gasteiger partial charge < -0.3 is 15.8 Å². The summed E-state index contributed by atoms with van der Waals surface area (Å²) in [7, 11) is 0. The number of aryl methyl sites for hydroxylation is 2. The molecule has 2 rings (SSSR count). The summed E-state index contributed by atoms with van der Waals surface area (Å²) >= 11 is 0. The van der Waals surface area contributed by atoms with Gasteiger partial charge in [-0.2, -0.15) is 0 Å². The van der Waals surface area contributed by atoms with Gasteiger partial charge in [0.05, 0.1) is 17.9 Å². The summed E-state index contributed by atoms with van der Waals surface area (Å²) in [6, 6.07) is 6.35. The van der Waals surface area contributed by atoms with E-state index < -0.39 is 11.7 Å². The van der Waals surface area contributed by atoms with Crippen molar-refractivity contribution in [1.82, 2.24) is 4.98 Å². The van der Waals surface area contributed by atoms with E-state index in [0.717, 1.165) is 30.5 Å². The van der Waals surface area contributed by atoms with Crippen molar-refractivity contribution in [3.05, 3.63) is 46.9 Å². The van der Waals surface area contributed by atoms with Gasteiger partial charge in [0.15, 0.2) is 11.6 Å². The second-order valence-corrected chi connectivity index (χ2v) is 6.66. The van der Waals surface area contributed by atoms with Crippen molar-refractivity contribution in [1.29, 1.82) is 0 Å². The monoisotopic (exact) mass is 373 g/mol. The van der Waals surface area contributed by atoms with Gasteiger partial charge in [-0.1, -0.05) is 38.7 Å². The maximum Gasteiger partial charge on any atom is 0.259 e. The van der Waals surface area contributed by atoms with E-state index in [1.54, 1.807) is 18.2 Å². The number of nitrogens with two attached hydrogens (primary N) is 1. The van der Waals surface area contributed by atoms with Crippen LogP contribution < -0.4 is 15.8 Å². The van der Waals surface area contributed by atoms with Crippen LogP contribution in [0.4, 0.5) is 15.9 Å².